The van der Waals surface area contributed by atoms with Crippen molar-refractivity contribution >= 4 is 22.6 Å². The number of aromatic amines is 1. The van der Waals surface area contributed by atoms with Crippen LogP contribution < -0.4 is 21.1 Å². The minimum absolute atomic E-state index is 0.130. The van der Waals surface area contributed by atoms with Gasteiger partial charge in [-0.2, -0.15) is 5.10 Å². The first-order chi connectivity index (χ1) is 17.8. The van der Waals surface area contributed by atoms with Crippen LogP contribution in [0.25, 0.3) is 22.0 Å². The van der Waals surface area contributed by atoms with Crippen LogP contribution in [0, 0.1) is 13.8 Å². The Labute approximate surface area is 215 Å². The van der Waals surface area contributed by atoms with E-state index in [9.17, 15) is 9.59 Å². The lowest BCUT2D eigenvalue weighted by molar-refractivity contribution is 0.0952. The summed E-state index contributed by atoms with van der Waals surface area (Å²) in [5.74, 6) is 0.704. The maximum atomic E-state index is 13.5. The molecule has 9 nitrogen and oxygen atoms in total. The van der Waals surface area contributed by atoms with Crippen molar-refractivity contribution in [2.24, 2.45) is 0 Å². The molecule has 192 valence electrons. The normalized spacial score (nSPS) is 13.9. The second-order valence-corrected chi connectivity index (χ2v) is 9.91. The minimum atomic E-state index is -0.250. The molecular formula is C28H33N7O2. The molecule has 1 amide bonds. The molecule has 0 unspecified atom stereocenters. The number of aromatic nitrogens is 4. The van der Waals surface area contributed by atoms with E-state index in [-0.39, 0.29) is 24.1 Å². The maximum absolute atomic E-state index is 13.5. The van der Waals surface area contributed by atoms with Crippen LogP contribution >= 0.6 is 0 Å². The fourth-order valence-corrected chi connectivity index (χ4v) is 4.91. The van der Waals surface area contributed by atoms with Gasteiger partial charge in [0.25, 0.3) is 11.5 Å². The Bertz CT molecular complexity index is 1500. The Kier molecular flexibility index (Phi) is 6.80. The molecule has 0 spiro atoms. The number of piperazine rings is 1. The van der Waals surface area contributed by atoms with Gasteiger partial charge in [-0.15, -0.1) is 0 Å². The van der Waals surface area contributed by atoms with Crippen LogP contribution in [0.15, 0.2) is 47.5 Å². The summed E-state index contributed by atoms with van der Waals surface area (Å²) in [6, 6.07) is 10.1. The molecule has 4 aromatic rings. The zero-order valence-electron chi connectivity index (χ0n) is 21.8. The summed E-state index contributed by atoms with van der Waals surface area (Å²) >= 11 is 0. The third-order valence-electron chi connectivity index (χ3n) is 6.89. The molecule has 37 heavy (non-hydrogen) atoms. The summed E-state index contributed by atoms with van der Waals surface area (Å²) in [6.07, 6.45) is 3.61. The summed E-state index contributed by atoms with van der Waals surface area (Å²) in [6.45, 7) is 11.8. The average Bonchev–Trinajstić information content (AvgIpc) is 3.32. The van der Waals surface area contributed by atoms with Crippen molar-refractivity contribution in [3.63, 3.8) is 0 Å². The highest BCUT2D eigenvalue weighted by Crippen LogP contribution is 2.30. The van der Waals surface area contributed by atoms with Crippen LogP contribution in [0.3, 0.4) is 0 Å². The van der Waals surface area contributed by atoms with Crippen molar-refractivity contribution in [3.8, 4) is 11.1 Å². The van der Waals surface area contributed by atoms with Gasteiger partial charge in [0, 0.05) is 67.2 Å². The lowest BCUT2D eigenvalue weighted by Crippen LogP contribution is -2.43. The van der Waals surface area contributed by atoms with E-state index in [1.807, 2.05) is 42.9 Å². The van der Waals surface area contributed by atoms with E-state index < -0.39 is 0 Å². The van der Waals surface area contributed by atoms with Crippen molar-refractivity contribution < 1.29 is 4.79 Å². The lowest BCUT2D eigenvalue weighted by Gasteiger charge is -2.28. The molecule has 1 aliphatic rings. The highest BCUT2D eigenvalue weighted by Gasteiger charge is 2.19. The number of rotatable bonds is 6. The molecule has 0 atom stereocenters. The molecular weight excluding hydrogens is 466 g/mol. The molecule has 1 aliphatic heterocycles. The van der Waals surface area contributed by atoms with Crippen LogP contribution in [0.2, 0.25) is 0 Å². The standard InChI is InChI=1S/C28H33N7O2/c1-17(2)35-25-13-21(20-5-6-26(30-14-20)34-9-7-29-8-10-34)12-22(24(25)16-32-35)27(36)31-15-23-18(3)11-19(4)33-28(23)37/h5-6,11-14,16-17,29H,7-10,15H2,1-4H3,(H,31,36)(H,33,37). The Morgan fingerprint density at radius 1 is 1.08 bits per heavy atom. The zero-order valence-corrected chi connectivity index (χ0v) is 21.8. The van der Waals surface area contributed by atoms with Gasteiger partial charge in [-0.3, -0.25) is 14.3 Å². The molecule has 1 saturated heterocycles. The molecule has 1 aromatic carbocycles. The van der Waals surface area contributed by atoms with E-state index in [1.54, 1.807) is 6.20 Å². The predicted molar refractivity (Wildman–Crippen MR) is 146 cm³/mol. The number of nitrogens with one attached hydrogen (secondary N) is 3. The number of fused-ring (bicyclic) bond motifs is 1. The topological polar surface area (TPSA) is 108 Å². The minimum Gasteiger partial charge on any atom is -0.354 e. The van der Waals surface area contributed by atoms with E-state index in [0.29, 0.717) is 11.1 Å². The molecule has 0 radical (unpaired) electrons. The molecule has 1 fully saturated rings. The summed E-state index contributed by atoms with van der Waals surface area (Å²) in [4.78, 5) is 35.7. The largest absolute Gasteiger partial charge is 0.354 e. The molecule has 0 saturated carbocycles. The van der Waals surface area contributed by atoms with Gasteiger partial charge in [0.15, 0.2) is 0 Å². The molecule has 3 aromatic heterocycles. The lowest BCUT2D eigenvalue weighted by atomic mass is 10.0. The van der Waals surface area contributed by atoms with Crippen LogP contribution in [0.1, 0.15) is 47.1 Å². The molecule has 5 rings (SSSR count). The van der Waals surface area contributed by atoms with Gasteiger partial charge < -0.3 is 20.5 Å². The first kappa shape index (κ1) is 24.7. The number of benzene rings is 1. The molecule has 4 heterocycles. The number of nitrogens with zero attached hydrogens (tertiary/aromatic N) is 4. The summed E-state index contributed by atoms with van der Waals surface area (Å²) < 4.78 is 1.92. The van der Waals surface area contributed by atoms with Crippen LogP contribution in [0.4, 0.5) is 5.82 Å². The highest BCUT2D eigenvalue weighted by atomic mass is 16.1. The van der Waals surface area contributed by atoms with E-state index in [1.165, 1.54) is 0 Å². The molecule has 3 N–H and O–H groups in total. The number of aryl methyl sites for hydroxylation is 2. The maximum Gasteiger partial charge on any atom is 0.253 e. The third-order valence-corrected chi connectivity index (χ3v) is 6.89. The van der Waals surface area contributed by atoms with Crippen LogP contribution in [-0.2, 0) is 6.54 Å². The van der Waals surface area contributed by atoms with E-state index in [0.717, 1.165) is 65.3 Å². The third kappa shape index (κ3) is 4.99. The van der Waals surface area contributed by atoms with Gasteiger partial charge >= 0.3 is 0 Å². The van der Waals surface area contributed by atoms with Crippen LogP contribution in [0.5, 0.6) is 0 Å². The fourth-order valence-electron chi connectivity index (χ4n) is 4.91. The average molecular weight is 500 g/mol. The van der Waals surface area contributed by atoms with Gasteiger partial charge in [0.2, 0.25) is 0 Å². The number of hydrogen-bond acceptors (Lipinski definition) is 6. The number of carbonyl (C=O) groups is 1. The number of anilines is 1. The van der Waals surface area contributed by atoms with E-state index in [4.69, 9.17) is 4.98 Å². The van der Waals surface area contributed by atoms with Crippen molar-refractivity contribution in [2.75, 3.05) is 31.1 Å². The van der Waals surface area contributed by atoms with Gasteiger partial charge in [-0.25, -0.2) is 4.98 Å². The molecule has 0 bridgehead atoms. The second kappa shape index (κ2) is 10.2. The SMILES string of the molecule is Cc1cc(C)c(CNC(=O)c2cc(-c3ccc(N4CCNCC4)nc3)cc3c2cnn3C(C)C)c(=O)[nH]1. The Morgan fingerprint density at radius 3 is 2.54 bits per heavy atom. The van der Waals surface area contributed by atoms with Gasteiger partial charge in [-0.1, -0.05) is 0 Å². The summed E-state index contributed by atoms with van der Waals surface area (Å²) in [5.41, 5.74) is 5.24. The van der Waals surface area contributed by atoms with E-state index >= 15 is 0 Å². The first-order valence-electron chi connectivity index (χ1n) is 12.7. The monoisotopic (exact) mass is 499 g/mol. The van der Waals surface area contributed by atoms with Gasteiger partial charge in [-0.05, 0) is 69.2 Å². The van der Waals surface area contributed by atoms with Crippen molar-refractivity contribution in [1.29, 1.82) is 0 Å². The highest BCUT2D eigenvalue weighted by molar-refractivity contribution is 6.08. The Hall–Kier alpha value is -3.98. The number of amides is 1. The van der Waals surface area contributed by atoms with Crippen molar-refractivity contribution in [2.45, 2.75) is 40.3 Å². The molecule has 0 aliphatic carbocycles. The predicted octanol–water partition coefficient (Wildman–Crippen LogP) is 3.32. The number of hydrogen-bond donors (Lipinski definition) is 3. The van der Waals surface area contributed by atoms with Gasteiger partial charge in [0.05, 0.1) is 17.3 Å². The summed E-state index contributed by atoms with van der Waals surface area (Å²) in [5, 5.41) is 11.6. The fraction of sp³-hybridized carbons (Fsp3) is 0.357. The Balaban J connectivity index is 1.49. The number of pyridine rings is 2. The number of H-pyrrole nitrogens is 1. The van der Waals surface area contributed by atoms with Gasteiger partial charge in [0.1, 0.15) is 5.82 Å². The molecule has 9 heteroatoms. The van der Waals surface area contributed by atoms with E-state index in [2.05, 4.69) is 51.6 Å². The Morgan fingerprint density at radius 2 is 1.86 bits per heavy atom. The smallest absolute Gasteiger partial charge is 0.253 e. The van der Waals surface area contributed by atoms with Crippen molar-refractivity contribution in [1.82, 2.24) is 30.4 Å². The quantitative estimate of drug-likeness (QED) is 0.376. The summed E-state index contributed by atoms with van der Waals surface area (Å²) in [7, 11) is 0. The second-order valence-electron chi connectivity index (χ2n) is 9.91. The van der Waals surface area contributed by atoms with Crippen LogP contribution in [-0.4, -0.2) is 51.8 Å². The zero-order chi connectivity index (χ0) is 26.1. The first-order valence-corrected chi connectivity index (χ1v) is 12.7. The number of carbonyl (C=O) groups excluding carboxylic acids is 1. The van der Waals surface area contributed by atoms with Crippen molar-refractivity contribution in [3.05, 3.63) is 75.5 Å².